The van der Waals surface area contributed by atoms with Crippen molar-refractivity contribution >= 4 is 27.5 Å². The molecular weight excluding hydrogens is 328 g/mol. The van der Waals surface area contributed by atoms with Gasteiger partial charge < -0.3 is 9.47 Å². The van der Waals surface area contributed by atoms with Crippen LogP contribution in [0.3, 0.4) is 0 Å². The van der Waals surface area contributed by atoms with Gasteiger partial charge >= 0.3 is 0 Å². The fourth-order valence-corrected chi connectivity index (χ4v) is 4.77. The molecule has 1 fully saturated rings. The van der Waals surface area contributed by atoms with Crippen molar-refractivity contribution in [1.29, 1.82) is 0 Å². The highest BCUT2D eigenvalue weighted by Crippen LogP contribution is 2.37. The molecule has 0 N–H and O–H groups in total. The molecule has 4 heteroatoms. The third-order valence-electron chi connectivity index (χ3n) is 5.25. The molecule has 4 rings (SSSR count). The Morgan fingerprint density at radius 2 is 1.96 bits per heavy atom. The molecule has 1 amide bonds. The van der Waals surface area contributed by atoms with Gasteiger partial charge in [-0.25, -0.2) is 0 Å². The number of rotatable bonds is 5. The molecule has 1 aliphatic rings. The number of hydrogen-bond acceptors (Lipinski definition) is 2. The lowest BCUT2D eigenvalue weighted by molar-refractivity contribution is 0.0740. The largest absolute Gasteiger partial charge is 0.333 e. The van der Waals surface area contributed by atoms with Gasteiger partial charge in [0.05, 0.1) is 10.2 Å². The Morgan fingerprint density at radius 1 is 1.20 bits per heavy atom. The topological polar surface area (TPSA) is 25.2 Å². The molecule has 0 spiro atoms. The molecule has 0 unspecified atom stereocenters. The fourth-order valence-electron chi connectivity index (χ4n) is 3.96. The van der Waals surface area contributed by atoms with Crippen LogP contribution >= 0.6 is 11.3 Å². The van der Waals surface area contributed by atoms with E-state index < -0.39 is 0 Å². The van der Waals surface area contributed by atoms with Gasteiger partial charge in [-0.05, 0) is 42.8 Å². The zero-order chi connectivity index (χ0) is 17.2. The summed E-state index contributed by atoms with van der Waals surface area (Å²) in [5.41, 5.74) is 3.28. The second kappa shape index (κ2) is 7.04. The lowest BCUT2D eigenvalue weighted by Gasteiger charge is -2.24. The number of benzene rings is 1. The SMILES string of the molecule is CCN(Cc1ccccc1)C(=O)c1cc2sccc2n1C1CCCC1. The van der Waals surface area contributed by atoms with Crippen molar-refractivity contribution in [2.45, 2.75) is 45.2 Å². The third kappa shape index (κ3) is 3.11. The van der Waals surface area contributed by atoms with Gasteiger partial charge in [0.2, 0.25) is 0 Å². The Balaban J connectivity index is 1.68. The highest BCUT2D eigenvalue weighted by atomic mass is 32.1. The third-order valence-corrected chi connectivity index (χ3v) is 6.11. The Morgan fingerprint density at radius 3 is 2.68 bits per heavy atom. The number of amides is 1. The smallest absolute Gasteiger partial charge is 0.270 e. The molecule has 1 saturated carbocycles. The molecule has 0 atom stereocenters. The Labute approximate surface area is 152 Å². The average Bonchev–Trinajstić information content (AvgIpc) is 3.36. The van der Waals surface area contributed by atoms with Crippen LogP contribution in [0.5, 0.6) is 0 Å². The highest BCUT2D eigenvalue weighted by Gasteiger charge is 2.27. The minimum absolute atomic E-state index is 0.154. The average molecular weight is 353 g/mol. The van der Waals surface area contributed by atoms with E-state index in [0.29, 0.717) is 12.6 Å². The fraction of sp³-hybridized carbons (Fsp3) is 0.381. The summed E-state index contributed by atoms with van der Waals surface area (Å²) in [6.07, 6.45) is 4.91. The molecule has 25 heavy (non-hydrogen) atoms. The lowest BCUT2D eigenvalue weighted by atomic mass is 10.2. The summed E-state index contributed by atoms with van der Waals surface area (Å²) in [5, 5.41) is 2.13. The van der Waals surface area contributed by atoms with Crippen molar-refractivity contribution in [3.8, 4) is 0 Å². The zero-order valence-corrected chi connectivity index (χ0v) is 15.5. The molecule has 130 valence electrons. The summed E-state index contributed by atoms with van der Waals surface area (Å²) in [6, 6.07) is 15.0. The molecule has 1 aromatic carbocycles. The van der Waals surface area contributed by atoms with Crippen molar-refractivity contribution in [1.82, 2.24) is 9.47 Å². The second-order valence-electron chi connectivity index (χ2n) is 6.81. The predicted molar refractivity (Wildman–Crippen MR) is 104 cm³/mol. The van der Waals surface area contributed by atoms with E-state index >= 15 is 0 Å². The quantitative estimate of drug-likeness (QED) is 0.597. The molecule has 0 bridgehead atoms. The molecule has 2 heterocycles. The molecule has 0 radical (unpaired) electrons. The van der Waals surface area contributed by atoms with E-state index in [9.17, 15) is 4.79 Å². The molecule has 3 nitrogen and oxygen atoms in total. The molecule has 2 aromatic heterocycles. The van der Waals surface area contributed by atoms with Gasteiger partial charge in [0.15, 0.2) is 0 Å². The zero-order valence-electron chi connectivity index (χ0n) is 14.6. The first-order valence-corrected chi connectivity index (χ1v) is 10.1. The monoisotopic (exact) mass is 352 g/mol. The van der Waals surface area contributed by atoms with Gasteiger partial charge in [-0.2, -0.15) is 0 Å². The number of carbonyl (C=O) groups excluding carboxylic acids is 1. The van der Waals surface area contributed by atoms with Gasteiger partial charge in [0.25, 0.3) is 5.91 Å². The van der Waals surface area contributed by atoms with Crippen LogP contribution in [0.1, 0.15) is 54.7 Å². The van der Waals surface area contributed by atoms with Crippen molar-refractivity contribution in [2.24, 2.45) is 0 Å². The summed E-state index contributed by atoms with van der Waals surface area (Å²) in [5.74, 6) is 0.154. The van der Waals surface area contributed by atoms with Crippen LogP contribution in [0.4, 0.5) is 0 Å². The van der Waals surface area contributed by atoms with E-state index in [1.807, 2.05) is 23.1 Å². The molecule has 0 saturated heterocycles. The standard InChI is InChI=1S/C21H24N2OS/c1-2-22(15-16-8-4-3-5-9-16)21(24)19-14-20-18(12-13-25-20)23(19)17-10-6-7-11-17/h3-5,8-9,12-14,17H,2,6-7,10-11,15H2,1H3. The Kier molecular flexibility index (Phi) is 4.62. The van der Waals surface area contributed by atoms with Gasteiger partial charge in [0.1, 0.15) is 5.69 Å². The van der Waals surface area contributed by atoms with Crippen molar-refractivity contribution < 1.29 is 4.79 Å². The van der Waals surface area contributed by atoms with Gasteiger partial charge in [-0.15, -0.1) is 11.3 Å². The maximum atomic E-state index is 13.3. The van der Waals surface area contributed by atoms with Crippen LogP contribution in [-0.4, -0.2) is 21.9 Å². The van der Waals surface area contributed by atoms with Crippen molar-refractivity contribution in [3.63, 3.8) is 0 Å². The first-order chi connectivity index (χ1) is 12.3. The van der Waals surface area contributed by atoms with Crippen LogP contribution in [0, 0.1) is 0 Å². The number of hydrogen-bond donors (Lipinski definition) is 0. The molecule has 0 aliphatic heterocycles. The summed E-state index contributed by atoms with van der Waals surface area (Å²) >= 11 is 1.73. The van der Waals surface area contributed by atoms with Crippen LogP contribution in [-0.2, 0) is 6.54 Å². The Hall–Kier alpha value is -2.07. The van der Waals surface area contributed by atoms with Gasteiger partial charge in [0, 0.05) is 19.1 Å². The number of aromatic nitrogens is 1. The van der Waals surface area contributed by atoms with E-state index in [-0.39, 0.29) is 5.91 Å². The van der Waals surface area contributed by atoms with E-state index in [2.05, 4.69) is 41.1 Å². The van der Waals surface area contributed by atoms with Crippen LogP contribution in [0.2, 0.25) is 0 Å². The maximum Gasteiger partial charge on any atom is 0.270 e. The predicted octanol–water partition coefficient (Wildman–Crippen LogP) is 5.48. The van der Waals surface area contributed by atoms with Crippen molar-refractivity contribution in [2.75, 3.05) is 6.54 Å². The lowest BCUT2D eigenvalue weighted by Crippen LogP contribution is -2.32. The van der Waals surface area contributed by atoms with E-state index in [1.165, 1.54) is 41.5 Å². The van der Waals surface area contributed by atoms with Crippen LogP contribution in [0.25, 0.3) is 10.2 Å². The molecular formula is C21H24N2OS. The minimum atomic E-state index is 0.154. The number of carbonyl (C=O) groups is 1. The minimum Gasteiger partial charge on any atom is -0.333 e. The van der Waals surface area contributed by atoms with E-state index in [0.717, 1.165) is 12.2 Å². The second-order valence-corrected chi connectivity index (χ2v) is 7.76. The van der Waals surface area contributed by atoms with Gasteiger partial charge in [-0.1, -0.05) is 43.2 Å². The highest BCUT2D eigenvalue weighted by molar-refractivity contribution is 7.17. The summed E-state index contributed by atoms with van der Waals surface area (Å²) in [7, 11) is 0. The Bertz CT molecular complexity index is 859. The summed E-state index contributed by atoms with van der Waals surface area (Å²) < 4.78 is 3.56. The maximum absolute atomic E-state index is 13.3. The van der Waals surface area contributed by atoms with E-state index in [4.69, 9.17) is 0 Å². The van der Waals surface area contributed by atoms with E-state index in [1.54, 1.807) is 11.3 Å². The van der Waals surface area contributed by atoms with Crippen LogP contribution in [0.15, 0.2) is 47.8 Å². The summed E-state index contributed by atoms with van der Waals surface area (Å²) in [4.78, 5) is 15.3. The molecule has 3 aromatic rings. The normalized spacial score (nSPS) is 15.1. The number of nitrogens with zero attached hydrogens (tertiary/aromatic N) is 2. The first-order valence-electron chi connectivity index (χ1n) is 9.19. The number of thiophene rings is 1. The van der Waals surface area contributed by atoms with Crippen LogP contribution < -0.4 is 0 Å². The van der Waals surface area contributed by atoms with Gasteiger partial charge in [-0.3, -0.25) is 4.79 Å². The number of fused-ring (bicyclic) bond motifs is 1. The van der Waals surface area contributed by atoms with Crippen molar-refractivity contribution in [3.05, 3.63) is 59.1 Å². The summed E-state index contributed by atoms with van der Waals surface area (Å²) in [6.45, 7) is 3.45. The molecule has 1 aliphatic carbocycles. The first kappa shape index (κ1) is 16.4.